The van der Waals surface area contributed by atoms with Crippen LogP contribution in [0.2, 0.25) is 0 Å². The first-order chi connectivity index (χ1) is 10.5. The second-order valence-electron chi connectivity index (χ2n) is 5.22. The van der Waals surface area contributed by atoms with E-state index in [2.05, 4.69) is 0 Å². The van der Waals surface area contributed by atoms with Crippen LogP contribution in [-0.4, -0.2) is 23.3 Å². The summed E-state index contributed by atoms with van der Waals surface area (Å²) in [4.78, 5) is 10.7. The second-order valence-corrected chi connectivity index (χ2v) is 5.22. The summed E-state index contributed by atoms with van der Waals surface area (Å²) in [5.41, 5.74) is 3.77. The Bertz CT molecular complexity index is 645. The number of carbonyl (C=O) groups is 1. The standard InChI is InChI=1S/C18H20O4/c1-12(19)13-3-5-14(6-4-13)16-8-7-15(9-10-18(20)21)17(11-16)22-2/h3-8,11-12,19H,9-10H2,1-2H3,(H,20,21). The van der Waals surface area contributed by atoms with Gasteiger partial charge in [-0.25, -0.2) is 0 Å². The van der Waals surface area contributed by atoms with Crippen molar-refractivity contribution in [2.75, 3.05) is 7.11 Å². The van der Waals surface area contributed by atoms with Crippen LogP contribution in [0, 0.1) is 0 Å². The maximum Gasteiger partial charge on any atom is 0.303 e. The van der Waals surface area contributed by atoms with Crippen molar-refractivity contribution in [2.45, 2.75) is 25.9 Å². The van der Waals surface area contributed by atoms with Crippen LogP contribution in [0.5, 0.6) is 5.75 Å². The molecule has 2 aromatic carbocycles. The predicted molar refractivity (Wildman–Crippen MR) is 85.0 cm³/mol. The molecule has 0 saturated carbocycles. The summed E-state index contributed by atoms with van der Waals surface area (Å²) in [6.45, 7) is 1.73. The van der Waals surface area contributed by atoms with Crippen LogP contribution in [0.4, 0.5) is 0 Å². The lowest BCUT2D eigenvalue weighted by Gasteiger charge is -2.11. The van der Waals surface area contributed by atoms with Gasteiger partial charge in [0.05, 0.1) is 13.2 Å². The zero-order chi connectivity index (χ0) is 16.1. The van der Waals surface area contributed by atoms with Gasteiger partial charge in [-0.2, -0.15) is 0 Å². The average molecular weight is 300 g/mol. The predicted octanol–water partition coefficient (Wildman–Crippen LogP) is 3.43. The van der Waals surface area contributed by atoms with Crippen molar-refractivity contribution >= 4 is 5.97 Å². The van der Waals surface area contributed by atoms with Gasteiger partial charge >= 0.3 is 5.97 Å². The van der Waals surface area contributed by atoms with Gasteiger partial charge in [-0.15, -0.1) is 0 Å². The van der Waals surface area contributed by atoms with E-state index in [4.69, 9.17) is 9.84 Å². The SMILES string of the molecule is COc1cc(-c2ccc(C(C)O)cc2)ccc1CCC(=O)O. The Hall–Kier alpha value is -2.33. The first kappa shape index (κ1) is 16.0. The van der Waals surface area contributed by atoms with Gasteiger partial charge in [0, 0.05) is 6.42 Å². The molecule has 0 bridgehead atoms. The van der Waals surface area contributed by atoms with E-state index >= 15 is 0 Å². The van der Waals surface area contributed by atoms with Gasteiger partial charge in [-0.1, -0.05) is 36.4 Å². The molecule has 2 N–H and O–H groups in total. The maximum absolute atomic E-state index is 10.7. The third-order valence-corrected chi connectivity index (χ3v) is 3.62. The van der Waals surface area contributed by atoms with E-state index in [1.807, 2.05) is 42.5 Å². The second kappa shape index (κ2) is 7.09. The lowest BCUT2D eigenvalue weighted by molar-refractivity contribution is -0.136. The van der Waals surface area contributed by atoms with Crippen LogP contribution in [0.1, 0.15) is 30.6 Å². The maximum atomic E-state index is 10.7. The molecule has 4 heteroatoms. The highest BCUT2D eigenvalue weighted by atomic mass is 16.5. The fourth-order valence-corrected chi connectivity index (χ4v) is 2.33. The number of aryl methyl sites for hydroxylation is 1. The summed E-state index contributed by atoms with van der Waals surface area (Å²) in [6.07, 6.45) is 0.0421. The number of methoxy groups -OCH3 is 1. The normalized spacial score (nSPS) is 12.0. The van der Waals surface area contributed by atoms with Crippen LogP contribution in [-0.2, 0) is 11.2 Å². The smallest absolute Gasteiger partial charge is 0.303 e. The quantitative estimate of drug-likeness (QED) is 0.857. The molecule has 22 heavy (non-hydrogen) atoms. The van der Waals surface area contributed by atoms with Gasteiger partial charge in [0.1, 0.15) is 5.75 Å². The highest BCUT2D eigenvalue weighted by molar-refractivity contribution is 5.69. The molecule has 0 aliphatic rings. The third-order valence-electron chi connectivity index (χ3n) is 3.62. The van der Waals surface area contributed by atoms with Crippen molar-refractivity contribution in [3.63, 3.8) is 0 Å². The van der Waals surface area contributed by atoms with Crippen LogP contribution in [0.25, 0.3) is 11.1 Å². The zero-order valence-corrected chi connectivity index (χ0v) is 12.7. The lowest BCUT2D eigenvalue weighted by atomic mass is 9.99. The Balaban J connectivity index is 2.26. The van der Waals surface area contributed by atoms with Gasteiger partial charge in [-0.05, 0) is 41.7 Å². The molecule has 116 valence electrons. The van der Waals surface area contributed by atoms with E-state index in [9.17, 15) is 9.90 Å². The van der Waals surface area contributed by atoms with E-state index in [-0.39, 0.29) is 6.42 Å². The van der Waals surface area contributed by atoms with Crippen molar-refractivity contribution in [1.29, 1.82) is 0 Å². The number of carboxylic acids is 1. The highest BCUT2D eigenvalue weighted by Crippen LogP contribution is 2.29. The first-order valence-corrected chi connectivity index (χ1v) is 7.18. The number of benzene rings is 2. The number of ether oxygens (including phenoxy) is 1. The number of aliphatic hydroxyl groups is 1. The molecule has 2 aromatic rings. The molecule has 0 heterocycles. The molecular weight excluding hydrogens is 280 g/mol. The molecule has 0 aliphatic heterocycles. The van der Waals surface area contributed by atoms with Crippen LogP contribution in [0.15, 0.2) is 42.5 Å². The summed E-state index contributed by atoms with van der Waals surface area (Å²) in [5, 5.41) is 18.3. The fourth-order valence-electron chi connectivity index (χ4n) is 2.33. The molecule has 0 spiro atoms. The van der Waals surface area contributed by atoms with E-state index in [1.165, 1.54) is 0 Å². The largest absolute Gasteiger partial charge is 0.496 e. The van der Waals surface area contributed by atoms with Crippen LogP contribution in [0.3, 0.4) is 0 Å². The van der Waals surface area contributed by atoms with Crippen molar-refractivity contribution in [3.05, 3.63) is 53.6 Å². The Morgan fingerprint density at radius 3 is 2.32 bits per heavy atom. The van der Waals surface area contributed by atoms with Crippen molar-refractivity contribution < 1.29 is 19.7 Å². The number of hydrogen-bond acceptors (Lipinski definition) is 3. The molecule has 0 amide bonds. The molecule has 2 rings (SSSR count). The van der Waals surface area contributed by atoms with Gasteiger partial charge in [0.2, 0.25) is 0 Å². The molecule has 4 nitrogen and oxygen atoms in total. The zero-order valence-electron chi connectivity index (χ0n) is 12.7. The van der Waals surface area contributed by atoms with Gasteiger partial charge in [0.15, 0.2) is 0 Å². The number of aliphatic carboxylic acids is 1. The van der Waals surface area contributed by atoms with Gasteiger partial charge in [-0.3, -0.25) is 4.79 Å². The van der Waals surface area contributed by atoms with Crippen molar-refractivity contribution in [3.8, 4) is 16.9 Å². The van der Waals surface area contributed by atoms with Crippen LogP contribution < -0.4 is 4.74 Å². The highest BCUT2D eigenvalue weighted by Gasteiger charge is 2.08. The first-order valence-electron chi connectivity index (χ1n) is 7.18. The molecule has 1 unspecified atom stereocenters. The van der Waals surface area contributed by atoms with E-state index in [1.54, 1.807) is 14.0 Å². The van der Waals surface area contributed by atoms with E-state index < -0.39 is 12.1 Å². The monoisotopic (exact) mass is 300 g/mol. The fraction of sp³-hybridized carbons (Fsp3) is 0.278. The van der Waals surface area contributed by atoms with Gasteiger partial charge < -0.3 is 14.9 Å². The minimum atomic E-state index is -0.820. The number of aliphatic hydroxyl groups excluding tert-OH is 1. The molecule has 0 aromatic heterocycles. The summed E-state index contributed by atoms with van der Waals surface area (Å²) in [6, 6.07) is 13.5. The Morgan fingerprint density at radius 1 is 1.14 bits per heavy atom. The van der Waals surface area contributed by atoms with E-state index in [0.717, 1.165) is 22.3 Å². The average Bonchev–Trinajstić information content (AvgIpc) is 2.52. The van der Waals surface area contributed by atoms with E-state index in [0.29, 0.717) is 12.2 Å². The molecule has 0 radical (unpaired) electrons. The summed E-state index contributed by atoms with van der Waals surface area (Å²) >= 11 is 0. The summed E-state index contributed by atoms with van der Waals surface area (Å²) < 4.78 is 5.37. The van der Waals surface area contributed by atoms with Crippen molar-refractivity contribution in [1.82, 2.24) is 0 Å². The Kier molecular flexibility index (Phi) is 5.17. The number of rotatable bonds is 6. The Morgan fingerprint density at radius 2 is 1.77 bits per heavy atom. The molecular formula is C18H20O4. The van der Waals surface area contributed by atoms with Crippen molar-refractivity contribution in [2.24, 2.45) is 0 Å². The molecule has 0 saturated heterocycles. The topological polar surface area (TPSA) is 66.8 Å². The lowest BCUT2D eigenvalue weighted by Crippen LogP contribution is -1.99. The van der Waals surface area contributed by atoms with Gasteiger partial charge in [0.25, 0.3) is 0 Å². The summed E-state index contributed by atoms with van der Waals surface area (Å²) in [7, 11) is 1.58. The third kappa shape index (κ3) is 3.86. The number of hydrogen-bond donors (Lipinski definition) is 2. The molecule has 0 aliphatic carbocycles. The molecule has 0 fully saturated rings. The minimum absolute atomic E-state index is 0.0821. The van der Waals surface area contributed by atoms with Crippen LogP contribution >= 0.6 is 0 Å². The minimum Gasteiger partial charge on any atom is -0.496 e. The Labute approximate surface area is 130 Å². The summed E-state index contributed by atoms with van der Waals surface area (Å²) in [5.74, 6) is -0.127. The number of carboxylic acid groups (broad SMARTS) is 1. The molecule has 1 atom stereocenters.